The van der Waals surface area contributed by atoms with E-state index in [1.807, 2.05) is 30.3 Å². The third-order valence-corrected chi connectivity index (χ3v) is 7.04. The van der Waals surface area contributed by atoms with Gasteiger partial charge in [-0.2, -0.15) is 0 Å². The van der Waals surface area contributed by atoms with E-state index in [1.54, 1.807) is 0 Å². The van der Waals surface area contributed by atoms with E-state index in [-0.39, 0.29) is 18.0 Å². The van der Waals surface area contributed by atoms with Crippen LogP contribution in [0.3, 0.4) is 0 Å². The number of esters is 1. The SMILES string of the molecule is CCCCCC[C@H]1Cc2ccccc2[C@@H]1OC(=O)c1ccc(CC2CCCC2=O)cc1. The summed E-state index contributed by atoms with van der Waals surface area (Å²) in [7, 11) is 0. The average Bonchev–Trinajstić information content (AvgIpc) is 3.35. The molecule has 3 heteroatoms. The number of hydrogen-bond donors (Lipinski definition) is 0. The van der Waals surface area contributed by atoms with Crippen molar-refractivity contribution in [2.75, 3.05) is 0 Å². The summed E-state index contributed by atoms with van der Waals surface area (Å²) in [6, 6.07) is 16.1. The predicted octanol–water partition coefficient (Wildman–Crippen LogP) is 6.64. The number of benzene rings is 2. The molecule has 2 aromatic rings. The normalized spacial score (nSPS) is 22.5. The van der Waals surface area contributed by atoms with Gasteiger partial charge in [0.15, 0.2) is 0 Å². The van der Waals surface area contributed by atoms with E-state index in [2.05, 4.69) is 25.1 Å². The molecular weight excluding hydrogens is 384 g/mol. The number of hydrogen-bond acceptors (Lipinski definition) is 3. The molecule has 1 fully saturated rings. The van der Waals surface area contributed by atoms with Crippen molar-refractivity contribution in [1.82, 2.24) is 0 Å². The van der Waals surface area contributed by atoms with Crippen LogP contribution in [0.1, 0.15) is 91.4 Å². The molecule has 0 amide bonds. The van der Waals surface area contributed by atoms with E-state index in [0.29, 0.717) is 17.3 Å². The van der Waals surface area contributed by atoms with Gasteiger partial charge in [0.2, 0.25) is 0 Å². The number of carbonyl (C=O) groups is 2. The lowest BCUT2D eigenvalue weighted by molar-refractivity contribution is -0.120. The molecule has 0 radical (unpaired) electrons. The van der Waals surface area contributed by atoms with Crippen molar-refractivity contribution < 1.29 is 14.3 Å². The summed E-state index contributed by atoms with van der Waals surface area (Å²) in [5.41, 5.74) is 4.21. The highest BCUT2D eigenvalue weighted by Crippen LogP contribution is 2.41. The standard InChI is InChI=1S/C28H34O3/c1-2-3-4-5-10-24-19-22-9-6-7-12-25(22)27(24)31-28(30)21-16-14-20(15-17-21)18-23-11-8-13-26(23)29/h6-7,9,12,14-17,23-24,27H,2-5,8,10-11,13,18-19H2,1H3/t23?,24-,27+/m0/s1. The Kier molecular flexibility index (Phi) is 7.21. The van der Waals surface area contributed by atoms with Crippen LogP contribution in [0.2, 0.25) is 0 Å². The van der Waals surface area contributed by atoms with E-state index < -0.39 is 0 Å². The van der Waals surface area contributed by atoms with Crippen LogP contribution < -0.4 is 0 Å². The Labute approximate surface area is 186 Å². The molecule has 2 aromatic carbocycles. The molecule has 0 aromatic heterocycles. The first-order valence-corrected chi connectivity index (χ1v) is 12.1. The number of rotatable bonds is 9. The molecular formula is C28H34O3. The van der Waals surface area contributed by atoms with Crippen LogP contribution >= 0.6 is 0 Å². The maximum atomic E-state index is 13.0. The van der Waals surface area contributed by atoms with Crippen molar-refractivity contribution in [3.05, 3.63) is 70.8 Å². The van der Waals surface area contributed by atoms with Crippen LogP contribution in [-0.2, 0) is 22.4 Å². The van der Waals surface area contributed by atoms with Crippen LogP contribution in [0, 0.1) is 11.8 Å². The largest absolute Gasteiger partial charge is 0.454 e. The summed E-state index contributed by atoms with van der Waals surface area (Å²) in [4.78, 5) is 24.9. The summed E-state index contributed by atoms with van der Waals surface area (Å²) in [5, 5.41) is 0. The van der Waals surface area contributed by atoms with Crippen LogP contribution in [0.25, 0.3) is 0 Å². The molecule has 0 N–H and O–H groups in total. The molecule has 1 unspecified atom stereocenters. The maximum Gasteiger partial charge on any atom is 0.338 e. The Morgan fingerprint density at radius 2 is 1.84 bits per heavy atom. The van der Waals surface area contributed by atoms with Gasteiger partial charge in [0.05, 0.1) is 5.56 Å². The lowest BCUT2D eigenvalue weighted by Gasteiger charge is -2.21. The van der Waals surface area contributed by atoms with E-state index in [4.69, 9.17) is 4.74 Å². The summed E-state index contributed by atoms with van der Waals surface area (Å²) < 4.78 is 6.09. The molecule has 0 aliphatic heterocycles. The van der Waals surface area contributed by atoms with Gasteiger partial charge >= 0.3 is 5.97 Å². The van der Waals surface area contributed by atoms with Crippen LogP contribution in [0.4, 0.5) is 0 Å². The predicted molar refractivity (Wildman–Crippen MR) is 123 cm³/mol. The number of ether oxygens (including phenoxy) is 1. The van der Waals surface area contributed by atoms with Gasteiger partial charge in [-0.3, -0.25) is 4.79 Å². The summed E-state index contributed by atoms with van der Waals surface area (Å²) in [5.74, 6) is 0.657. The minimum Gasteiger partial charge on any atom is -0.454 e. The van der Waals surface area contributed by atoms with Gasteiger partial charge in [0.1, 0.15) is 11.9 Å². The van der Waals surface area contributed by atoms with Crippen molar-refractivity contribution in [3.8, 4) is 0 Å². The minimum absolute atomic E-state index is 0.152. The van der Waals surface area contributed by atoms with Gasteiger partial charge in [0.25, 0.3) is 0 Å². The monoisotopic (exact) mass is 418 g/mol. The fourth-order valence-electron chi connectivity index (χ4n) is 5.24. The fraction of sp³-hybridized carbons (Fsp3) is 0.500. The lowest BCUT2D eigenvalue weighted by Crippen LogP contribution is -2.17. The van der Waals surface area contributed by atoms with Gasteiger partial charge < -0.3 is 4.74 Å². The Bertz CT molecular complexity index is 899. The second-order valence-electron chi connectivity index (χ2n) is 9.29. The average molecular weight is 419 g/mol. The first-order chi connectivity index (χ1) is 15.2. The van der Waals surface area contributed by atoms with Crippen molar-refractivity contribution in [3.63, 3.8) is 0 Å². The van der Waals surface area contributed by atoms with E-state index in [1.165, 1.54) is 36.8 Å². The van der Waals surface area contributed by atoms with Crippen molar-refractivity contribution in [2.45, 2.75) is 77.2 Å². The van der Waals surface area contributed by atoms with E-state index in [9.17, 15) is 9.59 Å². The highest BCUT2D eigenvalue weighted by atomic mass is 16.5. The maximum absolute atomic E-state index is 13.0. The molecule has 0 spiro atoms. The molecule has 3 nitrogen and oxygen atoms in total. The summed E-state index contributed by atoms with van der Waals surface area (Å²) in [6.45, 7) is 2.23. The Hall–Kier alpha value is -2.42. The molecule has 4 rings (SSSR count). The quantitative estimate of drug-likeness (QED) is 0.339. The molecule has 0 bridgehead atoms. The summed E-state index contributed by atoms with van der Waals surface area (Å²) in [6.07, 6.45) is 10.4. The molecule has 164 valence electrons. The zero-order chi connectivity index (χ0) is 21.6. The van der Waals surface area contributed by atoms with Crippen molar-refractivity contribution in [1.29, 1.82) is 0 Å². The van der Waals surface area contributed by atoms with E-state index in [0.717, 1.165) is 44.1 Å². The second kappa shape index (κ2) is 10.3. The topological polar surface area (TPSA) is 43.4 Å². The molecule has 1 saturated carbocycles. The number of ketones is 1. The fourth-order valence-corrected chi connectivity index (χ4v) is 5.24. The van der Waals surface area contributed by atoms with Gasteiger partial charge in [-0.25, -0.2) is 4.79 Å². The first-order valence-electron chi connectivity index (χ1n) is 12.1. The van der Waals surface area contributed by atoms with Crippen LogP contribution in [0.15, 0.2) is 48.5 Å². The smallest absolute Gasteiger partial charge is 0.338 e. The van der Waals surface area contributed by atoms with E-state index >= 15 is 0 Å². The Morgan fingerprint density at radius 1 is 1.03 bits per heavy atom. The lowest BCUT2D eigenvalue weighted by atomic mass is 9.95. The van der Waals surface area contributed by atoms with Crippen LogP contribution in [0.5, 0.6) is 0 Å². The zero-order valence-electron chi connectivity index (χ0n) is 18.6. The highest BCUT2D eigenvalue weighted by molar-refractivity contribution is 5.89. The first kappa shape index (κ1) is 21.8. The Balaban J connectivity index is 1.41. The molecule has 0 heterocycles. The minimum atomic E-state index is -0.247. The highest BCUT2D eigenvalue weighted by Gasteiger charge is 2.35. The number of carbonyl (C=O) groups excluding carboxylic acids is 2. The van der Waals surface area contributed by atoms with Crippen molar-refractivity contribution in [2.24, 2.45) is 11.8 Å². The zero-order valence-corrected chi connectivity index (χ0v) is 18.6. The Morgan fingerprint density at radius 3 is 2.58 bits per heavy atom. The van der Waals surface area contributed by atoms with Gasteiger partial charge in [0, 0.05) is 18.3 Å². The third-order valence-electron chi connectivity index (χ3n) is 7.04. The molecule has 0 saturated heterocycles. The second-order valence-corrected chi connectivity index (χ2v) is 9.29. The van der Waals surface area contributed by atoms with Gasteiger partial charge in [-0.15, -0.1) is 0 Å². The number of Topliss-reactive ketones (excluding diaryl/α,β-unsaturated/α-hetero) is 1. The van der Waals surface area contributed by atoms with Gasteiger partial charge in [-0.05, 0) is 60.9 Å². The number of unbranched alkanes of at least 4 members (excludes halogenated alkanes) is 3. The van der Waals surface area contributed by atoms with Crippen LogP contribution in [-0.4, -0.2) is 11.8 Å². The van der Waals surface area contributed by atoms with Crippen molar-refractivity contribution >= 4 is 11.8 Å². The summed E-state index contributed by atoms with van der Waals surface area (Å²) >= 11 is 0. The number of fused-ring (bicyclic) bond motifs is 1. The third kappa shape index (κ3) is 5.26. The molecule has 31 heavy (non-hydrogen) atoms. The molecule has 3 atom stereocenters. The van der Waals surface area contributed by atoms with Gasteiger partial charge in [-0.1, -0.05) is 69.0 Å². The molecule has 2 aliphatic carbocycles. The molecule has 2 aliphatic rings.